The Morgan fingerprint density at radius 3 is 2.52 bits per heavy atom. The molecule has 1 atom stereocenters. The molecule has 2 N–H and O–H groups in total. The van der Waals surface area contributed by atoms with E-state index in [1.54, 1.807) is 18.2 Å². The van der Waals surface area contributed by atoms with Gasteiger partial charge in [0.2, 0.25) is 0 Å². The summed E-state index contributed by atoms with van der Waals surface area (Å²) in [5.74, 6) is -1.85. The monoisotopic (exact) mass is 458 g/mol. The summed E-state index contributed by atoms with van der Waals surface area (Å²) >= 11 is 11.4. The summed E-state index contributed by atoms with van der Waals surface area (Å²) in [7, 11) is 0. The average molecular weight is 459 g/mol. The maximum Gasteiger partial charge on any atom is 0.335 e. The summed E-state index contributed by atoms with van der Waals surface area (Å²) in [5.41, 5.74) is 0.797. The minimum Gasteiger partial charge on any atom is -0.489 e. The van der Waals surface area contributed by atoms with E-state index in [2.05, 4.69) is 5.32 Å². The SMILES string of the molecule is CC[C@@H](C)Oc1ccc(/C=C2\C(=O)NC(=S)N(c3ccc(C(=O)O)cc3)C2=O)cc1Cl. The topological polar surface area (TPSA) is 95.9 Å². The van der Waals surface area contributed by atoms with E-state index in [-0.39, 0.29) is 22.4 Å². The van der Waals surface area contributed by atoms with Gasteiger partial charge in [-0.25, -0.2) is 4.79 Å². The van der Waals surface area contributed by atoms with Gasteiger partial charge in [0.25, 0.3) is 11.8 Å². The highest BCUT2D eigenvalue weighted by Gasteiger charge is 2.34. The van der Waals surface area contributed by atoms with E-state index in [9.17, 15) is 14.4 Å². The van der Waals surface area contributed by atoms with Gasteiger partial charge in [-0.05, 0) is 73.6 Å². The largest absolute Gasteiger partial charge is 0.489 e. The van der Waals surface area contributed by atoms with E-state index in [0.717, 1.165) is 11.3 Å². The molecule has 2 aromatic carbocycles. The van der Waals surface area contributed by atoms with Gasteiger partial charge in [0.1, 0.15) is 11.3 Å². The fourth-order valence-electron chi connectivity index (χ4n) is 2.81. The molecule has 2 aromatic rings. The lowest BCUT2D eigenvalue weighted by Gasteiger charge is -2.29. The molecule has 0 bridgehead atoms. The fourth-order valence-corrected chi connectivity index (χ4v) is 3.33. The predicted octanol–water partition coefficient (Wildman–Crippen LogP) is 4.05. The van der Waals surface area contributed by atoms with Crippen LogP contribution in [0.4, 0.5) is 5.69 Å². The summed E-state index contributed by atoms with van der Waals surface area (Å²) in [6.45, 7) is 3.92. The third-order valence-electron chi connectivity index (χ3n) is 4.64. The molecule has 7 nitrogen and oxygen atoms in total. The van der Waals surface area contributed by atoms with Crippen molar-refractivity contribution >= 4 is 58.5 Å². The van der Waals surface area contributed by atoms with Gasteiger partial charge in [0.05, 0.1) is 22.4 Å². The van der Waals surface area contributed by atoms with Crippen LogP contribution in [0, 0.1) is 0 Å². The first-order valence-electron chi connectivity index (χ1n) is 9.42. The predicted molar refractivity (Wildman–Crippen MR) is 121 cm³/mol. The number of hydrogen-bond acceptors (Lipinski definition) is 5. The summed E-state index contributed by atoms with van der Waals surface area (Å²) in [6.07, 6.45) is 2.23. The van der Waals surface area contributed by atoms with Crippen molar-refractivity contribution in [2.75, 3.05) is 4.90 Å². The molecular weight excluding hydrogens is 440 g/mol. The first-order chi connectivity index (χ1) is 14.7. The number of carboxylic acid groups (broad SMARTS) is 1. The highest BCUT2D eigenvalue weighted by atomic mass is 35.5. The van der Waals surface area contributed by atoms with Gasteiger partial charge in [-0.2, -0.15) is 0 Å². The summed E-state index contributed by atoms with van der Waals surface area (Å²) < 4.78 is 5.73. The number of halogens is 1. The molecule has 1 aliphatic rings. The van der Waals surface area contributed by atoms with Crippen LogP contribution in [0.3, 0.4) is 0 Å². The van der Waals surface area contributed by atoms with Crippen molar-refractivity contribution in [1.29, 1.82) is 0 Å². The third-order valence-corrected chi connectivity index (χ3v) is 5.22. The number of anilines is 1. The molecule has 1 fully saturated rings. The molecule has 0 saturated carbocycles. The zero-order chi connectivity index (χ0) is 22.7. The second-order valence-corrected chi connectivity index (χ2v) is 7.63. The lowest BCUT2D eigenvalue weighted by molar-refractivity contribution is -0.122. The fraction of sp³-hybridized carbons (Fsp3) is 0.182. The first kappa shape index (κ1) is 22.5. The molecule has 2 amide bonds. The smallest absolute Gasteiger partial charge is 0.335 e. The summed E-state index contributed by atoms with van der Waals surface area (Å²) in [4.78, 5) is 37.7. The van der Waals surface area contributed by atoms with Crippen LogP contribution in [-0.2, 0) is 9.59 Å². The van der Waals surface area contributed by atoms with Crippen LogP contribution in [0.5, 0.6) is 5.75 Å². The van der Waals surface area contributed by atoms with Crippen molar-refractivity contribution in [3.63, 3.8) is 0 Å². The molecule has 160 valence electrons. The molecule has 0 spiro atoms. The number of rotatable bonds is 6. The zero-order valence-corrected chi connectivity index (χ0v) is 18.3. The Bertz CT molecular complexity index is 1100. The standard InChI is InChI=1S/C22H19ClN2O5S/c1-3-12(2)30-18-9-4-13(11-17(18)23)10-16-19(26)24-22(31)25(20(16)27)15-7-5-14(6-8-15)21(28)29/h4-12H,3H2,1-2H3,(H,28,29)(H,24,26,31)/b16-10+/t12-/m1/s1. The highest BCUT2D eigenvalue weighted by molar-refractivity contribution is 7.80. The van der Waals surface area contributed by atoms with E-state index in [0.29, 0.717) is 22.0 Å². The minimum absolute atomic E-state index is 0.00510. The Balaban J connectivity index is 1.91. The molecule has 1 heterocycles. The number of carbonyl (C=O) groups excluding carboxylic acids is 2. The van der Waals surface area contributed by atoms with E-state index >= 15 is 0 Å². The zero-order valence-electron chi connectivity index (χ0n) is 16.7. The molecule has 0 aromatic heterocycles. The Kier molecular flexibility index (Phi) is 6.72. The van der Waals surface area contributed by atoms with Gasteiger partial charge in [-0.3, -0.25) is 19.8 Å². The van der Waals surface area contributed by atoms with Crippen LogP contribution in [0.2, 0.25) is 5.02 Å². The van der Waals surface area contributed by atoms with Gasteiger partial charge in [0.15, 0.2) is 5.11 Å². The van der Waals surface area contributed by atoms with Crippen molar-refractivity contribution in [2.45, 2.75) is 26.4 Å². The van der Waals surface area contributed by atoms with E-state index in [1.807, 2.05) is 13.8 Å². The third kappa shape index (κ3) is 4.92. The summed E-state index contributed by atoms with van der Waals surface area (Å²) in [6, 6.07) is 10.6. The first-order valence-corrected chi connectivity index (χ1v) is 10.2. The molecule has 0 unspecified atom stereocenters. The number of nitrogens with zero attached hydrogens (tertiary/aromatic N) is 1. The Morgan fingerprint density at radius 2 is 1.94 bits per heavy atom. The van der Waals surface area contributed by atoms with Crippen LogP contribution in [0.15, 0.2) is 48.0 Å². The van der Waals surface area contributed by atoms with Crippen molar-refractivity contribution in [3.8, 4) is 5.75 Å². The van der Waals surface area contributed by atoms with Crippen LogP contribution in [0.25, 0.3) is 6.08 Å². The number of nitrogens with one attached hydrogen (secondary N) is 1. The molecular formula is C22H19ClN2O5S. The number of benzene rings is 2. The number of amides is 2. The van der Waals surface area contributed by atoms with Crippen LogP contribution in [0.1, 0.15) is 36.2 Å². The Hall–Kier alpha value is -3.23. The van der Waals surface area contributed by atoms with Gasteiger partial charge in [0, 0.05) is 0 Å². The van der Waals surface area contributed by atoms with E-state index in [4.69, 9.17) is 33.7 Å². The quantitative estimate of drug-likeness (QED) is 0.385. The number of aromatic carboxylic acids is 1. The molecule has 0 aliphatic carbocycles. The normalized spacial score (nSPS) is 16.3. The van der Waals surface area contributed by atoms with Crippen LogP contribution < -0.4 is 15.0 Å². The Morgan fingerprint density at radius 1 is 1.26 bits per heavy atom. The van der Waals surface area contributed by atoms with Gasteiger partial charge >= 0.3 is 5.97 Å². The van der Waals surface area contributed by atoms with Crippen LogP contribution >= 0.6 is 23.8 Å². The second-order valence-electron chi connectivity index (χ2n) is 6.84. The molecule has 1 aliphatic heterocycles. The van der Waals surface area contributed by atoms with Gasteiger partial charge < -0.3 is 9.84 Å². The van der Waals surface area contributed by atoms with Crippen molar-refractivity contribution in [1.82, 2.24) is 5.32 Å². The van der Waals surface area contributed by atoms with Gasteiger partial charge in [-0.15, -0.1) is 0 Å². The van der Waals surface area contributed by atoms with Crippen LogP contribution in [-0.4, -0.2) is 34.1 Å². The molecule has 9 heteroatoms. The lowest BCUT2D eigenvalue weighted by Crippen LogP contribution is -2.54. The Labute approximate surface area is 189 Å². The van der Waals surface area contributed by atoms with Crippen molar-refractivity contribution < 1.29 is 24.2 Å². The number of carbonyl (C=O) groups is 3. The second kappa shape index (κ2) is 9.28. The van der Waals surface area contributed by atoms with E-state index < -0.39 is 17.8 Å². The van der Waals surface area contributed by atoms with Gasteiger partial charge in [-0.1, -0.05) is 24.6 Å². The lowest BCUT2D eigenvalue weighted by atomic mass is 10.1. The van der Waals surface area contributed by atoms with Crippen molar-refractivity contribution in [3.05, 3.63) is 64.2 Å². The van der Waals surface area contributed by atoms with E-state index in [1.165, 1.54) is 30.3 Å². The minimum atomic E-state index is -1.09. The van der Waals surface area contributed by atoms with Crippen molar-refractivity contribution in [2.24, 2.45) is 0 Å². The number of hydrogen-bond donors (Lipinski definition) is 2. The molecule has 1 saturated heterocycles. The number of ether oxygens (including phenoxy) is 1. The maximum atomic E-state index is 13.0. The average Bonchev–Trinajstić information content (AvgIpc) is 2.73. The maximum absolute atomic E-state index is 13.0. The number of thiocarbonyl (C=S) groups is 1. The molecule has 31 heavy (non-hydrogen) atoms. The molecule has 0 radical (unpaired) electrons. The summed E-state index contributed by atoms with van der Waals surface area (Å²) in [5, 5.41) is 11.8. The highest BCUT2D eigenvalue weighted by Crippen LogP contribution is 2.29. The molecule has 3 rings (SSSR count). The number of carboxylic acids is 1.